The normalized spacial score (nSPS) is 23.1. The van der Waals surface area contributed by atoms with Crippen LogP contribution >= 0.6 is 0 Å². The van der Waals surface area contributed by atoms with Gasteiger partial charge in [0.2, 0.25) is 0 Å². The van der Waals surface area contributed by atoms with Gasteiger partial charge in [0.1, 0.15) is 5.75 Å². The monoisotopic (exact) mass is 276 g/mol. The van der Waals surface area contributed by atoms with E-state index in [1.165, 1.54) is 11.1 Å². The number of hydrogen-bond donors (Lipinski definition) is 1. The van der Waals surface area contributed by atoms with Crippen LogP contribution in [0.2, 0.25) is 0 Å². The van der Waals surface area contributed by atoms with Crippen molar-refractivity contribution in [1.82, 2.24) is 0 Å². The van der Waals surface area contributed by atoms with Gasteiger partial charge in [-0.25, -0.2) is 0 Å². The average molecular weight is 276 g/mol. The molecule has 1 aliphatic rings. The average Bonchev–Trinajstić information content (AvgIpc) is 2.74. The molecule has 0 spiro atoms. The third-order valence-corrected chi connectivity index (χ3v) is 4.31. The van der Waals surface area contributed by atoms with Crippen molar-refractivity contribution >= 4 is 0 Å². The summed E-state index contributed by atoms with van der Waals surface area (Å²) in [5.74, 6) is 1.43. The van der Waals surface area contributed by atoms with E-state index in [1.807, 2.05) is 0 Å². The molecular weight excluding hydrogens is 248 g/mol. The highest BCUT2D eigenvalue weighted by molar-refractivity contribution is 5.41. The molecule has 2 heteroatoms. The van der Waals surface area contributed by atoms with Crippen molar-refractivity contribution in [1.29, 1.82) is 0 Å². The summed E-state index contributed by atoms with van der Waals surface area (Å²) >= 11 is 0. The molecule has 0 saturated heterocycles. The molecule has 1 saturated carbocycles. The van der Waals surface area contributed by atoms with Crippen molar-refractivity contribution in [2.75, 3.05) is 6.61 Å². The molecule has 1 aliphatic carbocycles. The van der Waals surface area contributed by atoms with Crippen LogP contribution < -0.4 is 4.74 Å². The molecule has 1 aromatic carbocycles. The molecule has 0 aromatic heterocycles. The van der Waals surface area contributed by atoms with Crippen LogP contribution in [0.4, 0.5) is 0 Å². The maximum Gasteiger partial charge on any atom is 0.123 e. The summed E-state index contributed by atoms with van der Waals surface area (Å²) in [4.78, 5) is 0. The summed E-state index contributed by atoms with van der Waals surface area (Å²) in [6.07, 6.45) is 4.10. The summed E-state index contributed by atoms with van der Waals surface area (Å²) in [5, 5.41) is 9.86. The van der Waals surface area contributed by atoms with Crippen molar-refractivity contribution in [3.8, 4) is 5.75 Å². The van der Waals surface area contributed by atoms with Crippen LogP contribution in [0.1, 0.15) is 57.6 Å². The molecule has 1 N–H and O–H groups in total. The Morgan fingerprint density at radius 2 is 2.00 bits per heavy atom. The van der Waals surface area contributed by atoms with Crippen molar-refractivity contribution in [2.45, 2.75) is 64.9 Å². The molecule has 0 heterocycles. The largest absolute Gasteiger partial charge is 0.493 e. The van der Waals surface area contributed by atoms with Gasteiger partial charge in [-0.2, -0.15) is 0 Å². The minimum Gasteiger partial charge on any atom is -0.493 e. The molecule has 112 valence electrons. The molecule has 0 radical (unpaired) electrons. The Bertz CT molecular complexity index is 445. The Labute approximate surface area is 123 Å². The first-order valence-electron chi connectivity index (χ1n) is 7.80. The van der Waals surface area contributed by atoms with Gasteiger partial charge in [0.25, 0.3) is 0 Å². The zero-order valence-electron chi connectivity index (χ0n) is 13.3. The van der Waals surface area contributed by atoms with Crippen LogP contribution in [-0.2, 0) is 5.41 Å². The Kier molecular flexibility index (Phi) is 4.74. The molecule has 2 atom stereocenters. The van der Waals surface area contributed by atoms with Crippen LogP contribution in [0.25, 0.3) is 0 Å². The summed E-state index contributed by atoms with van der Waals surface area (Å²) in [6.45, 7) is 9.44. The predicted molar refractivity (Wildman–Crippen MR) is 83.3 cm³/mol. The third-order valence-electron chi connectivity index (χ3n) is 4.31. The maximum atomic E-state index is 9.86. The number of aryl methyl sites for hydroxylation is 1. The quantitative estimate of drug-likeness (QED) is 0.892. The van der Waals surface area contributed by atoms with Gasteiger partial charge >= 0.3 is 0 Å². The van der Waals surface area contributed by atoms with Gasteiger partial charge in [-0.15, -0.1) is 0 Å². The Morgan fingerprint density at radius 1 is 1.25 bits per heavy atom. The van der Waals surface area contributed by atoms with E-state index in [-0.39, 0.29) is 11.5 Å². The van der Waals surface area contributed by atoms with Crippen LogP contribution in [0, 0.1) is 12.8 Å². The molecular formula is C18H28O2. The van der Waals surface area contributed by atoms with E-state index in [2.05, 4.69) is 45.9 Å². The first kappa shape index (κ1) is 15.4. The van der Waals surface area contributed by atoms with Crippen LogP contribution in [-0.4, -0.2) is 17.8 Å². The second kappa shape index (κ2) is 6.17. The summed E-state index contributed by atoms with van der Waals surface area (Å²) in [7, 11) is 0. The fraction of sp³-hybridized carbons (Fsp3) is 0.667. The summed E-state index contributed by atoms with van der Waals surface area (Å²) in [6, 6.07) is 6.45. The van der Waals surface area contributed by atoms with Crippen LogP contribution in [0.15, 0.2) is 18.2 Å². The van der Waals surface area contributed by atoms with Gasteiger partial charge in [-0.05, 0) is 54.7 Å². The zero-order valence-corrected chi connectivity index (χ0v) is 13.3. The van der Waals surface area contributed by atoms with E-state index in [4.69, 9.17) is 4.74 Å². The molecule has 20 heavy (non-hydrogen) atoms. The van der Waals surface area contributed by atoms with E-state index in [0.29, 0.717) is 12.5 Å². The molecule has 0 bridgehead atoms. The van der Waals surface area contributed by atoms with Crippen LogP contribution in [0.3, 0.4) is 0 Å². The molecule has 1 fully saturated rings. The molecule has 2 rings (SSSR count). The Balaban J connectivity index is 1.99. The van der Waals surface area contributed by atoms with Gasteiger partial charge in [0.15, 0.2) is 0 Å². The van der Waals surface area contributed by atoms with Crippen LogP contribution in [0.5, 0.6) is 5.75 Å². The number of benzene rings is 1. The van der Waals surface area contributed by atoms with E-state index in [9.17, 15) is 5.11 Å². The highest BCUT2D eigenvalue weighted by Crippen LogP contribution is 2.33. The lowest BCUT2D eigenvalue weighted by Gasteiger charge is -2.24. The van der Waals surface area contributed by atoms with Crippen molar-refractivity contribution < 1.29 is 9.84 Å². The van der Waals surface area contributed by atoms with Gasteiger partial charge in [0.05, 0.1) is 12.7 Å². The molecule has 1 aromatic rings. The van der Waals surface area contributed by atoms with Gasteiger partial charge in [0, 0.05) is 0 Å². The number of aliphatic hydroxyl groups is 1. The second-order valence-corrected chi connectivity index (χ2v) is 7.15. The predicted octanol–water partition coefficient (Wildman–Crippen LogP) is 4.22. The molecule has 0 amide bonds. The number of hydrogen-bond acceptors (Lipinski definition) is 2. The Morgan fingerprint density at radius 3 is 2.60 bits per heavy atom. The minimum atomic E-state index is -0.113. The van der Waals surface area contributed by atoms with Crippen molar-refractivity contribution in [3.05, 3.63) is 29.3 Å². The van der Waals surface area contributed by atoms with Gasteiger partial charge in [-0.1, -0.05) is 39.3 Å². The second-order valence-electron chi connectivity index (χ2n) is 7.15. The molecule has 2 nitrogen and oxygen atoms in total. The number of aliphatic hydroxyl groups excluding tert-OH is 1. The number of rotatable bonds is 4. The van der Waals surface area contributed by atoms with E-state index >= 15 is 0 Å². The third kappa shape index (κ3) is 3.76. The first-order chi connectivity index (χ1) is 9.38. The van der Waals surface area contributed by atoms with Crippen molar-refractivity contribution in [2.24, 2.45) is 5.92 Å². The van der Waals surface area contributed by atoms with Gasteiger partial charge < -0.3 is 9.84 Å². The smallest absolute Gasteiger partial charge is 0.123 e. The fourth-order valence-electron chi connectivity index (χ4n) is 3.04. The standard InChI is InChI=1S/C18H28O2/c1-13-8-9-15(18(2,3)4)17(12-13)20-11-10-14-6-5-7-16(14)19/h8-9,12,14,16,19H,5-7,10-11H2,1-4H3. The van der Waals surface area contributed by atoms with Crippen molar-refractivity contribution in [3.63, 3.8) is 0 Å². The number of ether oxygens (including phenoxy) is 1. The molecule has 2 unspecified atom stereocenters. The highest BCUT2D eigenvalue weighted by atomic mass is 16.5. The minimum absolute atomic E-state index is 0.0932. The van der Waals surface area contributed by atoms with E-state index < -0.39 is 0 Å². The fourth-order valence-corrected chi connectivity index (χ4v) is 3.04. The lowest BCUT2D eigenvalue weighted by molar-refractivity contribution is 0.116. The zero-order chi connectivity index (χ0) is 14.8. The Hall–Kier alpha value is -1.02. The summed E-state index contributed by atoms with van der Waals surface area (Å²) in [5.41, 5.74) is 2.58. The maximum absolute atomic E-state index is 9.86. The topological polar surface area (TPSA) is 29.5 Å². The van der Waals surface area contributed by atoms with E-state index in [0.717, 1.165) is 31.4 Å². The lowest BCUT2D eigenvalue weighted by Crippen LogP contribution is -2.18. The lowest BCUT2D eigenvalue weighted by atomic mass is 9.86. The first-order valence-corrected chi connectivity index (χ1v) is 7.80. The molecule has 0 aliphatic heterocycles. The van der Waals surface area contributed by atoms with E-state index in [1.54, 1.807) is 0 Å². The highest BCUT2D eigenvalue weighted by Gasteiger charge is 2.25. The summed E-state index contributed by atoms with van der Waals surface area (Å²) < 4.78 is 6.04. The SMILES string of the molecule is Cc1ccc(C(C)(C)C)c(OCCC2CCCC2O)c1. The van der Waals surface area contributed by atoms with Gasteiger partial charge in [-0.3, -0.25) is 0 Å².